The molecule has 0 spiro atoms. The van der Waals surface area contributed by atoms with Gasteiger partial charge in [-0.3, -0.25) is 0 Å². The Morgan fingerprint density at radius 3 is 2.30 bits per heavy atom. The number of nitrogens with zero attached hydrogens (tertiary/aromatic N) is 1. The van der Waals surface area contributed by atoms with Crippen LogP contribution in [0.1, 0.15) is 33.3 Å². The number of benzene rings is 1. The molecule has 1 fully saturated rings. The summed E-state index contributed by atoms with van der Waals surface area (Å²) in [7, 11) is -5.85. The fourth-order valence-corrected chi connectivity index (χ4v) is 5.92. The normalized spacial score (nSPS) is 27.1. The fourth-order valence-electron chi connectivity index (χ4n) is 2.90. The monoisotopic (exact) mass is 409 g/mol. The van der Waals surface area contributed by atoms with E-state index >= 15 is 0 Å². The summed E-state index contributed by atoms with van der Waals surface area (Å²) in [6.45, 7) is 14.4. The van der Waals surface area contributed by atoms with Crippen molar-refractivity contribution in [2.75, 3.05) is 6.61 Å². The van der Waals surface area contributed by atoms with Crippen molar-refractivity contribution < 1.29 is 18.0 Å². The zero-order chi connectivity index (χ0) is 20.8. The Bertz CT molecular complexity index is 836. The van der Waals surface area contributed by atoms with Crippen LogP contribution in [0.4, 0.5) is 0 Å². The molecule has 1 saturated heterocycles. The van der Waals surface area contributed by atoms with E-state index in [1.807, 2.05) is 6.92 Å². The van der Waals surface area contributed by atoms with Crippen LogP contribution >= 0.6 is 0 Å². The summed E-state index contributed by atoms with van der Waals surface area (Å²) in [5, 5.41) is 10.4. The van der Waals surface area contributed by atoms with Crippen molar-refractivity contribution in [2.24, 2.45) is 0 Å². The van der Waals surface area contributed by atoms with Gasteiger partial charge in [-0.25, -0.2) is 8.42 Å². The van der Waals surface area contributed by atoms with E-state index in [-0.39, 0.29) is 16.5 Å². The molecule has 1 heterocycles. The van der Waals surface area contributed by atoms with Crippen LogP contribution in [0.15, 0.2) is 29.2 Å². The quantitative estimate of drug-likeness (QED) is 0.445. The SMILES string of the molecule is C#C[C@H](O)[C@]1(C)[C@@H](CO[Si](C)(C)C(C)(C)C)N1S(=O)(=O)c1ccc(C)cc1. The minimum atomic E-state index is -3.78. The van der Waals surface area contributed by atoms with Gasteiger partial charge in [0.15, 0.2) is 8.32 Å². The second-order valence-electron chi connectivity index (χ2n) is 9.00. The van der Waals surface area contributed by atoms with Gasteiger partial charge in [-0.15, -0.1) is 6.42 Å². The van der Waals surface area contributed by atoms with Gasteiger partial charge in [-0.1, -0.05) is 44.4 Å². The first-order valence-electron chi connectivity index (χ1n) is 9.09. The van der Waals surface area contributed by atoms with E-state index in [0.29, 0.717) is 0 Å². The van der Waals surface area contributed by atoms with E-state index in [4.69, 9.17) is 10.8 Å². The number of sulfonamides is 1. The van der Waals surface area contributed by atoms with Crippen LogP contribution < -0.4 is 0 Å². The van der Waals surface area contributed by atoms with Crippen LogP contribution in [0, 0.1) is 19.3 Å². The Hall–Kier alpha value is -1.17. The van der Waals surface area contributed by atoms with Crippen molar-refractivity contribution in [3.8, 4) is 12.3 Å². The van der Waals surface area contributed by atoms with Crippen molar-refractivity contribution in [2.45, 2.75) is 75.3 Å². The van der Waals surface area contributed by atoms with E-state index in [9.17, 15) is 13.5 Å². The number of terminal acetylenes is 1. The summed E-state index contributed by atoms with van der Waals surface area (Å²) >= 11 is 0. The molecule has 1 unspecified atom stereocenters. The van der Waals surface area contributed by atoms with E-state index in [1.165, 1.54) is 4.31 Å². The molecule has 0 aromatic heterocycles. The summed E-state index contributed by atoms with van der Waals surface area (Å²) in [5.41, 5.74) is -0.0927. The Labute approximate surface area is 164 Å². The average Bonchev–Trinajstić information content (AvgIpc) is 3.18. The second kappa shape index (κ2) is 7.01. The smallest absolute Gasteiger partial charge is 0.244 e. The lowest BCUT2D eigenvalue weighted by atomic mass is 10.0. The molecule has 1 aromatic carbocycles. The zero-order valence-electron chi connectivity index (χ0n) is 17.3. The molecule has 0 bridgehead atoms. The molecule has 1 N–H and O–H groups in total. The first-order valence-corrected chi connectivity index (χ1v) is 13.4. The first kappa shape index (κ1) is 22.1. The maximum absolute atomic E-state index is 13.2. The highest BCUT2D eigenvalue weighted by Crippen LogP contribution is 2.49. The van der Waals surface area contributed by atoms with Crippen molar-refractivity contribution in [1.29, 1.82) is 0 Å². The van der Waals surface area contributed by atoms with Gasteiger partial charge in [0.1, 0.15) is 6.10 Å². The highest BCUT2D eigenvalue weighted by atomic mass is 32.2. The molecule has 5 nitrogen and oxygen atoms in total. The van der Waals surface area contributed by atoms with Gasteiger partial charge in [-0.05, 0) is 44.1 Å². The standard InChI is InChI=1S/C20H31NO4SSi/c1-9-18(22)20(6)17(14-25-27(7,8)19(3,4)5)21(20)26(23,24)16-12-10-15(2)11-13-16/h1,10-13,17-18,22H,14H2,2-8H3/t17-,18+,20+,21?/m1/s1. The molecule has 150 valence electrons. The number of hydrogen-bond donors (Lipinski definition) is 1. The van der Waals surface area contributed by atoms with Crippen LogP contribution in [0.5, 0.6) is 0 Å². The third kappa shape index (κ3) is 3.87. The molecule has 1 aliphatic heterocycles. The zero-order valence-corrected chi connectivity index (χ0v) is 19.1. The predicted octanol–water partition coefficient (Wildman–Crippen LogP) is 3.14. The lowest BCUT2D eigenvalue weighted by Crippen LogP contribution is -2.42. The average molecular weight is 410 g/mol. The molecule has 1 aliphatic rings. The molecule has 2 rings (SSSR count). The summed E-state index contributed by atoms with van der Waals surface area (Å²) in [6.07, 6.45) is 4.22. The summed E-state index contributed by atoms with van der Waals surface area (Å²) in [4.78, 5) is 0.193. The summed E-state index contributed by atoms with van der Waals surface area (Å²) in [6, 6.07) is 6.18. The molecule has 7 heteroatoms. The molecular formula is C20H31NO4SSi. The van der Waals surface area contributed by atoms with E-state index in [0.717, 1.165) is 5.56 Å². The molecule has 0 saturated carbocycles. The van der Waals surface area contributed by atoms with Crippen molar-refractivity contribution in [1.82, 2.24) is 4.31 Å². The highest BCUT2D eigenvalue weighted by Gasteiger charge is 2.69. The van der Waals surface area contributed by atoms with Gasteiger partial charge in [0.2, 0.25) is 10.0 Å². The highest BCUT2D eigenvalue weighted by molar-refractivity contribution is 7.89. The van der Waals surface area contributed by atoms with Gasteiger partial charge in [-0.2, -0.15) is 4.31 Å². The molecular weight excluding hydrogens is 378 g/mol. The molecule has 1 aromatic rings. The predicted molar refractivity (Wildman–Crippen MR) is 110 cm³/mol. The molecule has 4 atom stereocenters. The van der Waals surface area contributed by atoms with E-state index < -0.39 is 36.0 Å². The Balaban J connectivity index is 2.33. The largest absolute Gasteiger partial charge is 0.415 e. The van der Waals surface area contributed by atoms with Gasteiger partial charge in [0.05, 0.1) is 23.1 Å². The second-order valence-corrected chi connectivity index (χ2v) is 15.6. The molecule has 27 heavy (non-hydrogen) atoms. The number of aliphatic hydroxyl groups is 1. The van der Waals surface area contributed by atoms with Crippen molar-refractivity contribution in [3.05, 3.63) is 29.8 Å². The number of hydrogen-bond acceptors (Lipinski definition) is 4. The van der Waals surface area contributed by atoms with Gasteiger partial charge in [0, 0.05) is 0 Å². The minimum Gasteiger partial charge on any atom is -0.415 e. The van der Waals surface area contributed by atoms with Gasteiger partial charge < -0.3 is 9.53 Å². The maximum atomic E-state index is 13.2. The van der Waals surface area contributed by atoms with Crippen molar-refractivity contribution in [3.63, 3.8) is 0 Å². The minimum absolute atomic E-state index is 0.00366. The molecule has 0 amide bonds. The van der Waals surface area contributed by atoms with E-state index in [1.54, 1.807) is 31.2 Å². The molecule has 0 aliphatic carbocycles. The summed E-state index contributed by atoms with van der Waals surface area (Å²) in [5.74, 6) is 2.29. The third-order valence-electron chi connectivity index (χ3n) is 6.06. The third-order valence-corrected chi connectivity index (χ3v) is 12.6. The Morgan fingerprint density at radius 2 is 1.85 bits per heavy atom. The number of rotatable bonds is 6. The maximum Gasteiger partial charge on any atom is 0.244 e. The van der Waals surface area contributed by atoms with Crippen LogP contribution in [-0.4, -0.2) is 50.4 Å². The van der Waals surface area contributed by atoms with Crippen molar-refractivity contribution >= 4 is 18.3 Å². The van der Waals surface area contributed by atoms with Crippen LogP contribution in [0.2, 0.25) is 18.1 Å². The van der Waals surface area contributed by atoms with Gasteiger partial charge in [0.25, 0.3) is 0 Å². The van der Waals surface area contributed by atoms with Crippen LogP contribution in [0.25, 0.3) is 0 Å². The number of aliphatic hydroxyl groups excluding tert-OH is 1. The number of aryl methyl sites for hydroxylation is 1. The van der Waals surface area contributed by atoms with E-state index in [2.05, 4.69) is 39.8 Å². The first-order chi connectivity index (χ1) is 12.2. The fraction of sp³-hybridized carbons (Fsp3) is 0.600. The van der Waals surface area contributed by atoms with Crippen LogP contribution in [-0.2, 0) is 14.4 Å². The Kier molecular flexibility index (Phi) is 5.75. The Morgan fingerprint density at radius 1 is 1.33 bits per heavy atom. The topological polar surface area (TPSA) is 66.6 Å². The summed E-state index contributed by atoms with van der Waals surface area (Å²) < 4.78 is 33.9. The van der Waals surface area contributed by atoms with Gasteiger partial charge >= 0.3 is 0 Å². The van der Waals surface area contributed by atoms with Crippen LogP contribution in [0.3, 0.4) is 0 Å². The lowest BCUT2D eigenvalue weighted by Gasteiger charge is -2.36. The molecule has 0 radical (unpaired) electrons. The lowest BCUT2D eigenvalue weighted by molar-refractivity contribution is 0.173.